The van der Waals surface area contributed by atoms with Crippen molar-refractivity contribution in [3.63, 3.8) is 0 Å². The zero-order valence-corrected chi connectivity index (χ0v) is 82.7. The molecule has 4 atom stereocenters. The van der Waals surface area contributed by atoms with E-state index in [1.165, 1.54) is 0 Å². The summed E-state index contributed by atoms with van der Waals surface area (Å²) in [4.78, 5) is 86.8. The van der Waals surface area contributed by atoms with E-state index < -0.39 is 0 Å². The molecule has 0 aliphatic heterocycles. The highest BCUT2D eigenvalue weighted by atomic mass is 16.5. The Balaban J connectivity index is 0.000000738. The van der Waals surface area contributed by atoms with E-state index in [-0.39, 0.29) is 68.7 Å². The third kappa shape index (κ3) is 36.4. The maximum Gasteiger partial charge on any atom is 0.273 e. The summed E-state index contributed by atoms with van der Waals surface area (Å²) < 4.78 is 30.7. The van der Waals surface area contributed by atoms with Crippen molar-refractivity contribution in [2.24, 2.45) is 0 Å². The van der Waals surface area contributed by atoms with Crippen LogP contribution in [0.2, 0.25) is 0 Å². The number of aromatic nitrogens is 6. The van der Waals surface area contributed by atoms with Gasteiger partial charge in [0.1, 0.15) is 34.6 Å². The van der Waals surface area contributed by atoms with E-state index in [2.05, 4.69) is 259 Å². The molecule has 0 radical (unpaired) electrons. The predicted molar refractivity (Wildman–Crippen MR) is 493 cm³/mol. The van der Waals surface area contributed by atoms with Crippen molar-refractivity contribution < 1.29 is 55.9 Å². The summed E-state index contributed by atoms with van der Waals surface area (Å²) in [6, 6.07) is 5.11. The molecule has 123 heavy (non-hydrogen) atoms. The highest BCUT2D eigenvalue weighted by Gasteiger charge is 2.35. The Hall–Kier alpha value is -8.16. The minimum absolute atomic E-state index is 0.0300. The van der Waals surface area contributed by atoms with Gasteiger partial charge in [0.2, 0.25) is 0 Å². The normalized spacial score (nSPS) is 13.5. The van der Waals surface area contributed by atoms with E-state index in [0.717, 1.165) is 206 Å². The van der Waals surface area contributed by atoms with Crippen LogP contribution in [0.1, 0.15) is 357 Å². The molecule has 0 saturated heterocycles. The van der Waals surface area contributed by atoms with Gasteiger partial charge in [-0.2, -0.15) is 0 Å². The van der Waals surface area contributed by atoms with Gasteiger partial charge in [0.05, 0.1) is 0 Å². The van der Waals surface area contributed by atoms with Crippen LogP contribution in [0.5, 0.6) is 0 Å². The molecule has 0 fully saturated rings. The molecule has 30 nitrogen and oxygen atoms in total. The molecule has 6 rings (SSSR count). The number of nitrogens with one attached hydrogen (secondary N) is 6. The van der Waals surface area contributed by atoms with E-state index in [1.54, 1.807) is 18.2 Å². The van der Waals surface area contributed by atoms with E-state index in [4.69, 9.17) is 27.1 Å². The fourth-order valence-electron chi connectivity index (χ4n) is 13.6. The first-order chi connectivity index (χ1) is 57.9. The van der Waals surface area contributed by atoms with Crippen molar-refractivity contribution in [1.29, 1.82) is 0 Å². The first kappa shape index (κ1) is 113. The van der Waals surface area contributed by atoms with Gasteiger partial charge in [-0.1, -0.05) is 155 Å². The smallest absolute Gasteiger partial charge is 0.273 e. The third-order valence-corrected chi connectivity index (χ3v) is 24.2. The van der Waals surface area contributed by atoms with Crippen molar-refractivity contribution >= 4 is 35.4 Å². The topological polar surface area (TPSA) is 350 Å². The molecule has 0 aliphatic carbocycles. The van der Waals surface area contributed by atoms with Crippen LogP contribution < -0.4 is 31.9 Å². The van der Waals surface area contributed by atoms with Gasteiger partial charge in [0.25, 0.3) is 35.4 Å². The minimum atomic E-state index is -0.179. The molecule has 6 aromatic rings. The third-order valence-electron chi connectivity index (χ3n) is 24.2. The molecular formula is C93H168N18O12. The van der Waals surface area contributed by atoms with Crippen LogP contribution in [0, 0.1) is 20.8 Å². The molecule has 6 N–H and O–H groups in total. The zero-order chi connectivity index (χ0) is 93.7. The molecular weight excluding hydrogens is 1560 g/mol. The Morgan fingerprint density at radius 3 is 0.715 bits per heavy atom. The zero-order valence-electron chi connectivity index (χ0n) is 82.7. The fraction of sp³-hybridized carbons (Fsp3) is 0.742. The number of aryl methyl sites for hydroxylation is 6. The summed E-state index contributed by atoms with van der Waals surface area (Å²) in [5.41, 5.74) is 4.50. The molecule has 6 heterocycles. The Kier molecular flexibility index (Phi) is 52.1. The number of hydrogen-bond acceptors (Lipinski definition) is 24. The number of likely N-dealkylation sites (N-methyl/N-ethyl adjacent to an activating group) is 6. The van der Waals surface area contributed by atoms with Crippen LogP contribution in [-0.4, -0.2) is 250 Å². The van der Waals surface area contributed by atoms with Crippen LogP contribution in [0.3, 0.4) is 0 Å². The van der Waals surface area contributed by atoms with Gasteiger partial charge >= 0.3 is 0 Å². The molecule has 30 heteroatoms. The number of carbonyl (C=O) groups excluding carboxylic acids is 6. The van der Waals surface area contributed by atoms with Gasteiger partial charge in [0.15, 0.2) is 34.2 Å². The standard InChI is InChI=1S/C17H31N3O2.2C16H29N3O2.2C15H27N3O2.C14H25N3O2/c1-7-10-17(5,20(6)11-8-2)12-18-16(21)15-13(4)14(9-3)22-19-15;1-7-10-19(6)16(5,9-3)11-17-15(20)14-12(4)13(8-2)21-18-14;1-6-9-16(4,19(5)10-7-2)12-17-15(20)14-11-13(8-3)21-18-14;1-7-9-18(6)15(4,5)10-16-14(19)13-11(3)12(8-2)20-17-13;1-6-9-18(5)15(4,8-3)11-16-14(19)13-10-12(7-2)20-17-13;1-6-8-17(5)14(3,4)10-15-13(18)12-9-11(7-2)19-16-12/h7-12H2,1-6H3,(H,18,21);7-11H2,1-6H3,(H,17,20);11H,6-10,12H2,1-5H3,(H,17,20);7-10H2,1-6H3,(H,16,19);10H,6-9,11H2,1-5H3,(H,16,19);9H,6-8,10H2,1-5H3,(H,15,18). The van der Waals surface area contributed by atoms with E-state index in [1.807, 2.05) is 62.3 Å². The molecule has 0 aromatic carbocycles. The van der Waals surface area contributed by atoms with Crippen molar-refractivity contribution in [2.45, 2.75) is 336 Å². The average Bonchev–Trinajstić information content (AvgIpc) is 1.56. The lowest BCUT2D eigenvalue weighted by Crippen LogP contribution is -2.52. The number of rotatable bonds is 48. The molecule has 0 saturated carbocycles. The van der Waals surface area contributed by atoms with Gasteiger partial charge < -0.3 is 59.0 Å². The largest absolute Gasteiger partial charge is 0.361 e. The maximum absolute atomic E-state index is 12.4. The summed E-state index contributed by atoms with van der Waals surface area (Å²) in [6.07, 6.45) is 17.3. The Morgan fingerprint density at radius 2 is 0.504 bits per heavy atom. The number of hydrogen-bond donors (Lipinski definition) is 6. The van der Waals surface area contributed by atoms with Gasteiger partial charge in [-0.3, -0.25) is 58.2 Å². The second-order valence-electron chi connectivity index (χ2n) is 34.8. The number of carbonyl (C=O) groups is 6. The molecule has 4 unspecified atom stereocenters. The first-order valence-electron chi connectivity index (χ1n) is 45.6. The van der Waals surface area contributed by atoms with Gasteiger partial charge in [-0.25, -0.2) is 0 Å². The van der Waals surface area contributed by atoms with Crippen molar-refractivity contribution in [3.05, 3.63) is 104 Å². The van der Waals surface area contributed by atoms with Crippen molar-refractivity contribution in [2.75, 3.05) is 121 Å². The highest BCUT2D eigenvalue weighted by molar-refractivity contribution is 5.95. The molecule has 0 bridgehead atoms. The maximum atomic E-state index is 12.4. The van der Waals surface area contributed by atoms with Crippen molar-refractivity contribution in [1.82, 2.24) is 92.2 Å². The van der Waals surface area contributed by atoms with Gasteiger partial charge in [-0.15, -0.1) is 0 Å². The SMILES string of the molecule is CCCN(C)C(C)(C)CNC(=O)c1cc(CC)on1.CCCN(C)C(C)(C)CNC(=O)c1noc(CC)c1C.CCCN(C)C(C)(CC)CNC(=O)c1cc(CC)on1.CCCN(C)C(C)(CC)CNC(=O)c1noc(CC)c1C.CCCN(C)C(C)(CCC)CNC(=O)c1cc(CC)on1.CCCN(C)C(C)(CCC)CNC(=O)c1noc(CC)c1C. The van der Waals surface area contributed by atoms with E-state index in [9.17, 15) is 28.8 Å². The first-order valence-corrected chi connectivity index (χ1v) is 45.6. The summed E-state index contributed by atoms with van der Waals surface area (Å²) in [7, 11) is 12.6. The quantitative estimate of drug-likeness (QED) is 0.0207. The number of amides is 6. The van der Waals surface area contributed by atoms with Crippen LogP contribution >= 0.6 is 0 Å². The summed E-state index contributed by atoms with van der Waals surface area (Å²) in [6.45, 7) is 66.0. The molecule has 0 spiro atoms. The molecule has 0 aliphatic rings. The second kappa shape index (κ2) is 56.7. The lowest BCUT2D eigenvalue weighted by molar-refractivity contribution is 0.0854. The molecule has 6 amide bonds. The van der Waals surface area contributed by atoms with Crippen LogP contribution in [0.4, 0.5) is 0 Å². The van der Waals surface area contributed by atoms with Crippen LogP contribution in [0.15, 0.2) is 45.3 Å². The monoisotopic (exact) mass is 1730 g/mol. The van der Waals surface area contributed by atoms with Gasteiger partial charge in [-0.05, 0) is 222 Å². The average molecular weight is 1730 g/mol. The fourth-order valence-corrected chi connectivity index (χ4v) is 13.6. The summed E-state index contributed by atoms with van der Waals surface area (Å²) in [5, 5.41) is 40.9. The van der Waals surface area contributed by atoms with Crippen LogP contribution in [-0.2, 0) is 38.5 Å². The Morgan fingerprint density at radius 1 is 0.285 bits per heavy atom. The van der Waals surface area contributed by atoms with E-state index in [0.29, 0.717) is 73.4 Å². The minimum Gasteiger partial charge on any atom is -0.361 e. The summed E-state index contributed by atoms with van der Waals surface area (Å²) >= 11 is 0. The lowest BCUT2D eigenvalue weighted by atomic mass is 9.93. The van der Waals surface area contributed by atoms with Gasteiger partial charge in [0, 0.05) is 146 Å². The van der Waals surface area contributed by atoms with Crippen molar-refractivity contribution in [3.8, 4) is 0 Å². The lowest BCUT2D eigenvalue weighted by Gasteiger charge is -2.39. The van der Waals surface area contributed by atoms with Crippen LogP contribution in [0.25, 0.3) is 0 Å². The Labute approximate surface area is 740 Å². The predicted octanol–water partition coefficient (Wildman–Crippen LogP) is 15.8. The molecule has 702 valence electrons. The summed E-state index contributed by atoms with van der Waals surface area (Å²) in [5.74, 6) is 3.56. The second-order valence-corrected chi connectivity index (χ2v) is 34.8. The highest BCUT2D eigenvalue weighted by Crippen LogP contribution is 2.25. The Bertz CT molecular complexity index is 3980. The number of nitrogens with zero attached hydrogens (tertiary/aromatic N) is 12. The van der Waals surface area contributed by atoms with E-state index >= 15 is 0 Å². The molecule has 6 aromatic heterocycles.